The quantitative estimate of drug-likeness (QED) is 0.787. The van der Waals surface area contributed by atoms with Crippen LogP contribution in [0.4, 0.5) is 0 Å². The first-order valence-electron chi connectivity index (χ1n) is 9.69. The second-order valence-electron chi connectivity index (χ2n) is 7.65. The summed E-state index contributed by atoms with van der Waals surface area (Å²) >= 11 is 3.65. The van der Waals surface area contributed by atoms with E-state index in [0.717, 1.165) is 36.1 Å². The summed E-state index contributed by atoms with van der Waals surface area (Å²) in [5.41, 5.74) is 3.12. The van der Waals surface area contributed by atoms with Gasteiger partial charge in [0.2, 0.25) is 0 Å². The van der Waals surface area contributed by atoms with Crippen LogP contribution in [0.15, 0.2) is 4.91 Å². The molecule has 2 aliphatic heterocycles. The summed E-state index contributed by atoms with van der Waals surface area (Å²) in [6.45, 7) is 6.73. The van der Waals surface area contributed by atoms with E-state index in [1.54, 1.807) is 22.2 Å². The molecule has 1 N–H and O–H groups in total. The van der Waals surface area contributed by atoms with Crippen LogP contribution in [0.5, 0.6) is 0 Å². The third kappa shape index (κ3) is 3.99. The molecule has 3 heterocycles. The Balaban J connectivity index is 1.33. The molecule has 0 radical (unpaired) electrons. The molecule has 3 aliphatic rings. The summed E-state index contributed by atoms with van der Waals surface area (Å²) < 4.78 is 0. The highest BCUT2D eigenvalue weighted by molar-refractivity contribution is 8.03. The normalized spacial score (nSPS) is 23.1. The van der Waals surface area contributed by atoms with Gasteiger partial charge in [0.25, 0.3) is 5.91 Å². The van der Waals surface area contributed by atoms with Gasteiger partial charge in [-0.1, -0.05) is 6.92 Å². The molecule has 0 spiro atoms. The van der Waals surface area contributed by atoms with Gasteiger partial charge in [-0.05, 0) is 81.3 Å². The number of nitrogens with zero attached hydrogens (tertiary/aromatic N) is 1. The Labute approximate surface area is 159 Å². The van der Waals surface area contributed by atoms with E-state index >= 15 is 0 Å². The number of likely N-dealkylation sites (tertiary alicyclic amines) is 1. The number of thioether (sulfide) groups is 1. The highest BCUT2D eigenvalue weighted by atomic mass is 32.2. The Morgan fingerprint density at radius 3 is 3.00 bits per heavy atom. The van der Waals surface area contributed by atoms with Gasteiger partial charge in [0, 0.05) is 22.1 Å². The topological polar surface area (TPSA) is 32.3 Å². The Bertz CT molecular complexity index is 673. The highest BCUT2D eigenvalue weighted by Gasteiger charge is 2.26. The van der Waals surface area contributed by atoms with Crippen molar-refractivity contribution in [3.8, 4) is 0 Å². The van der Waals surface area contributed by atoms with Crippen LogP contribution < -0.4 is 5.32 Å². The van der Waals surface area contributed by atoms with E-state index in [0.29, 0.717) is 0 Å². The van der Waals surface area contributed by atoms with Crippen molar-refractivity contribution in [2.45, 2.75) is 51.2 Å². The Morgan fingerprint density at radius 1 is 1.32 bits per heavy atom. The van der Waals surface area contributed by atoms with Gasteiger partial charge in [0.15, 0.2) is 0 Å². The fraction of sp³-hybridized carbons (Fsp3) is 0.650. The van der Waals surface area contributed by atoms with Gasteiger partial charge >= 0.3 is 0 Å². The number of nitrogens with one attached hydrogen (secondary N) is 1. The maximum absolute atomic E-state index is 12.5. The molecule has 1 atom stereocenters. The Kier molecular flexibility index (Phi) is 5.53. The molecule has 1 aromatic heterocycles. The molecule has 25 heavy (non-hydrogen) atoms. The summed E-state index contributed by atoms with van der Waals surface area (Å²) in [5.74, 6) is 1.90. The predicted octanol–water partition coefficient (Wildman–Crippen LogP) is 4.06. The molecule has 136 valence electrons. The number of amides is 1. The van der Waals surface area contributed by atoms with Gasteiger partial charge in [0.1, 0.15) is 0 Å². The zero-order chi connectivity index (χ0) is 17.2. The summed E-state index contributed by atoms with van der Waals surface area (Å²) in [7, 11) is 0. The summed E-state index contributed by atoms with van der Waals surface area (Å²) in [6.07, 6.45) is 9.64. The van der Waals surface area contributed by atoms with Crippen LogP contribution in [-0.4, -0.2) is 37.0 Å². The highest BCUT2D eigenvalue weighted by Crippen LogP contribution is 2.43. The van der Waals surface area contributed by atoms with E-state index in [-0.39, 0.29) is 5.91 Å². The smallest absolute Gasteiger partial charge is 0.257 e. The second-order valence-corrected chi connectivity index (χ2v) is 9.80. The van der Waals surface area contributed by atoms with E-state index in [4.69, 9.17) is 0 Å². The number of carbonyl (C=O) groups is 1. The summed E-state index contributed by atoms with van der Waals surface area (Å²) in [5, 5.41) is 3.13. The first-order chi connectivity index (χ1) is 12.2. The molecule has 0 aromatic carbocycles. The number of fused-ring (bicyclic) bond motifs is 3. The van der Waals surface area contributed by atoms with E-state index in [1.807, 2.05) is 11.3 Å². The maximum atomic E-state index is 12.5. The van der Waals surface area contributed by atoms with Crippen molar-refractivity contribution in [2.24, 2.45) is 5.92 Å². The van der Waals surface area contributed by atoms with Crippen molar-refractivity contribution in [2.75, 3.05) is 26.2 Å². The fourth-order valence-corrected chi connectivity index (χ4v) is 6.83. The zero-order valence-corrected chi connectivity index (χ0v) is 16.7. The van der Waals surface area contributed by atoms with E-state index in [1.165, 1.54) is 55.6 Å². The Morgan fingerprint density at radius 2 is 2.16 bits per heavy atom. The van der Waals surface area contributed by atoms with Crippen molar-refractivity contribution >= 4 is 35.1 Å². The van der Waals surface area contributed by atoms with Crippen LogP contribution >= 0.6 is 23.1 Å². The molecule has 3 nitrogen and oxygen atoms in total. The first-order valence-corrected chi connectivity index (χ1v) is 11.5. The van der Waals surface area contributed by atoms with Gasteiger partial charge in [-0.2, -0.15) is 0 Å². The third-order valence-electron chi connectivity index (χ3n) is 5.65. The van der Waals surface area contributed by atoms with Gasteiger partial charge in [-0.3, -0.25) is 4.79 Å². The molecule has 5 heteroatoms. The van der Waals surface area contributed by atoms with Crippen molar-refractivity contribution in [3.05, 3.63) is 25.8 Å². The van der Waals surface area contributed by atoms with Crippen LogP contribution in [0.2, 0.25) is 0 Å². The lowest BCUT2D eigenvalue weighted by atomic mass is 9.88. The largest absolute Gasteiger partial charge is 0.352 e. The molecule has 0 bridgehead atoms. The van der Waals surface area contributed by atoms with Crippen molar-refractivity contribution in [1.82, 2.24) is 10.2 Å². The minimum Gasteiger partial charge on any atom is -0.352 e. The lowest BCUT2D eigenvalue weighted by molar-refractivity contribution is -0.116. The average Bonchev–Trinajstić information content (AvgIpc) is 3.24. The SMILES string of the molecule is C[C@@H]1CCc2c(sc3c2CSC(C(=O)NCCCN2CCCC2)=C3)C1. The number of hydrogen-bond acceptors (Lipinski definition) is 4. The van der Waals surface area contributed by atoms with Gasteiger partial charge < -0.3 is 10.2 Å². The number of thiophene rings is 1. The second kappa shape index (κ2) is 7.85. The fourth-order valence-electron chi connectivity index (χ4n) is 4.15. The van der Waals surface area contributed by atoms with Crippen LogP contribution in [0.25, 0.3) is 6.08 Å². The maximum Gasteiger partial charge on any atom is 0.257 e. The Hall–Kier alpha value is -0.780. The first kappa shape index (κ1) is 17.6. The standard InChI is InChI=1S/C20H28N2OS2/c1-14-5-6-15-16-13-24-19(12-18(16)25-17(15)11-14)20(23)21-7-4-10-22-8-2-3-9-22/h12,14H,2-11,13H2,1H3,(H,21,23)/t14-/m1/s1. The molecule has 1 amide bonds. The van der Waals surface area contributed by atoms with Crippen molar-refractivity contribution < 1.29 is 4.79 Å². The minimum absolute atomic E-state index is 0.122. The molecule has 0 unspecified atom stereocenters. The molecule has 0 saturated carbocycles. The van der Waals surface area contributed by atoms with Crippen LogP contribution in [-0.2, 0) is 23.4 Å². The molecule has 4 rings (SSSR count). The van der Waals surface area contributed by atoms with E-state index < -0.39 is 0 Å². The molecular formula is C20H28N2OS2. The zero-order valence-electron chi connectivity index (χ0n) is 15.1. The third-order valence-corrected chi connectivity index (χ3v) is 7.94. The summed E-state index contributed by atoms with van der Waals surface area (Å²) in [4.78, 5) is 18.8. The molecule has 1 saturated heterocycles. The van der Waals surface area contributed by atoms with Crippen LogP contribution in [0.1, 0.15) is 53.5 Å². The predicted molar refractivity (Wildman–Crippen MR) is 108 cm³/mol. The van der Waals surface area contributed by atoms with Crippen LogP contribution in [0, 0.1) is 5.92 Å². The van der Waals surface area contributed by atoms with Crippen molar-refractivity contribution in [3.63, 3.8) is 0 Å². The minimum atomic E-state index is 0.122. The molecule has 1 fully saturated rings. The number of carbonyl (C=O) groups excluding carboxylic acids is 1. The van der Waals surface area contributed by atoms with Gasteiger partial charge in [0.05, 0.1) is 4.91 Å². The van der Waals surface area contributed by atoms with Gasteiger partial charge in [-0.15, -0.1) is 23.1 Å². The van der Waals surface area contributed by atoms with E-state index in [2.05, 4.69) is 23.2 Å². The van der Waals surface area contributed by atoms with Gasteiger partial charge in [-0.25, -0.2) is 0 Å². The van der Waals surface area contributed by atoms with E-state index in [9.17, 15) is 4.79 Å². The number of rotatable bonds is 5. The molecule has 1 aromatic rings. The van der Waals surface area contributed by atoms with Crippen molar-refractivity contribution in [1.29, 1.82) is 0 Å². The summed E-state index contributed by atoms with van der Waals surface area (Å²) in [6, 6.07) is 0. The monoisotopic (exact) mass is 376 g/mol. The molecular weight excluding hydrogens is 348 g/mol. The van der Waals surface area contributed by atoms with Crippen LogP contribution in [0.3, 0.4) is 0 Å². The lowest BCUT2D eigenvalue weighted by Gasteiger charge is -2.20. The number of hydrogen-bond donors (Lipinski definition) is 1. The molecule has 1 aliphatic carbocycles. The lowest BCUT2D eigenvalue weighted by Crippen LogP contribution is -2.29. The average molecular weight is 377 g/mol.